The number of carbonyl (C=O) groups is 2. The van der Waals surface area contributed by atoms with Crippen LogP contribution in [0.2, 0.25) is 0 Å². The normalized spacial score (nSPS) is 17.0. The summed E-state index contributed by atoms with van der Waals surface area (Å²) in [6.45, 7) is 0. The third kappa shape index (κ3) is 3.67. The molecule has 3 aromatic carbocycles. The molecule has 29 heavy (non-hydrogen) atoms. The number of amides is 1. The molecule has 4 rings (SSSR count). The maximum atomic E-state index is 12.8. The van der Waals surface area contributed by atoms with Crippen LogP contribution in [0.4, 0.5) is 0 Å². The van der Waals surface area contributed by atoms with Crippen LogP contribution in [-0.2, 0) is 10.2 Å². The van der Waals surface area contributed by atoms with E-state index in [0.717, 1.165) is 17.5 Å². The Labute approximate surface area is 168 Å². The fourth-order valence-electron chi connectivity index (χ4n) is 3.82. The SMILES string of the molecule is O=C(O)c1ccc(C=NNC(=O)[C@H]2CC2(c2ccccc2)c2ccccc2)cc1. The van der Waals surface area contributed by atoms with Crippen molar-refractivity contribution in [3.05, 3.63) is 107 Å². The first kappa shape index (κ1) is 18.6. The van der Waals surface area contributed by atoms with Gasteiger partial charge in [-0.05, 0) is 35.2 Å². The van der Waals surface area contributed by atoms with Crippen LogP contribution in [0.25, 0.3) is 0 Å². The first-order valence-electron chi connectivity index (χ1n) is 9.38. The second kappa shape index (κ2) is 7.72. The number of carboxylic acid groups (broad SMARTS) is 1. The van der Waals surface area contributed by atoms with Crippen molar-refractivity contribution < 1.29 is 14.7 Å². The second-order valence-electron chi connectivity index (χ2n) is 7.12. The van der Waals surface area contributed by atoms with Gasteiger partial charge < -0.3 is 5.11 Å². The molecule has 1 fully saturated rings. The molecule has 0 radical (unpaired) electrons. The van der Waals surface area contributed by atoms with E-state index in [2.05, 4.69) is 34.8 Å². The number of hydrazone groups is 1. The van der Waals surface area contributed by atoms with Crippen LogP contribution in [0, 0.1) is 5.92 Å². The Morgan fingerprint density at radius 3 is 1.97 bits per heavy atom. The molecule has 1 aliphatic rings. The minimum atomic E-state index is -0.978. The van der Waals surface area contributed by atoms with Gasteiger partial charge in [-0.1, -0.05) is 72.8 Å². The van der Waals surface area contributed by atoms with Crippen molar-refractivity contribution in [3.63, 3.8) is 0 Å². The van der Waals surface area contributed by atoms with Crippen molar-refractivity contribution in [1.29, 1.82) is 0 Å². The van der Waals surface area contributed by atoms with Crippen LogP contribution in [-0.4, -0.2) is 23.2 Å². The number of carbonyl (C=O) groups excluding carboxylic acids is 1. The standard InChI is InChI=1S/C24H20N2O3/c27-22(26-25-16-17-11-13-18(14-12-17)23(28)29)21-15-24(21,19-7-3-1-4-8-19)20-9-5-2-6-10-20/h1-14,16,21H,15H2,(H,26,27)(H,28,29)/t21-/m1/s1. The molecule has 5 nitrogen and oxygen atoms in total. The molecule has 3 aromatic rings. The fourth-order valence-corrected chi connectivity index (χ4v) is 3.82. The average molecular weight is 384 g/mol. The average Bonchev–Trinajstić information content (AvgIpc) is 3.52. The van der Waals surface area contributed by atoms with E-state index in [1.165, 1.54) is 18.3 Å². The topological polar surface area (TPSA) is 78.8 Å². The molecule has 1 atom stereocenters. The van der Waals surface area contributed by atoms with E-state index in [9.17, 15) is 9.59 Å². The maximum absolute atomic E-state index is 12.8. The van der Waals surface area contributed by atoms with Gasteiger partial charge in [0.2, 0.25) is 5.91 Å². The van der Waals surface area contributed by atoms with Crippen LogP contribution < -0.4 is 5.43 Å². The summed E-state index contributed by atoms with van der Waals surface area (Å²) in [6.07, 6.45) is 2.24. The van der Waals surface area contributed by atoms with Gasteiger partial charge in [-0.25, -0.2) is 10.2 Å². The van der Waals surface area contributed by atoms with Gasteiger partial charge in [0.15, 0.2) is 0 Å². The summed E-state index contributed by atoms with van der Waals surface area (Å²) >= 11 is 0. The first-order chi connectivity index (χ1) is 14.1. The number of hydrogen-bond donors (Lipinski definition) is 2. The highest BCUT2D eigenvalue weighted by Crippen LogP contribution is 2.58. The number of nitrogens with zero attached hydrogens (tertiary/aromatic N) is 1. The van der Waals surface area contributed by atoms with Crippen molar-refractivity contribution in [2.75, 3.05) is 0 Å². The molecule has 0 aliphatic heterocycles. The predicted molar refractivity (Wildman–Crippen MR) is 111 cm³/mol. The Hall–Kier alpha value is -3.73. The quantitative estimate of drug-likeness (QED) is 0.501. The molecule has 1 amide bonds. The molecule has 0 aromatic heterocycles. The Morgan fingerprint density at radius 2 is 1.45 bits per heavy atom. The molecule has 0 bridgehead atoms. The number of aromatic carboxylic acids is 1. The highest BCUT2D eigenvalue weighted by molar-refractivity contribution is 5.90. The third-order valence-electron chi connectivity index (χ3n) is 5.40. The lowest BCUT2D eigenvalue weighted by Gasteiger charge is -2.18. The monoisotopic (exact) mass is 384 g/mol. The van der Waals surface area contributed by atoms with Gasteiger partial charge in [0.25, 0.3) is 0 Å². The van der Waals surface area contributed by atoms with Gasteiger partial charge in [-0.15, -0.1) is 0 Å². The van der Waals surface area contributed by atoms with Crippen molar-refractivity contribution in [3.8, 4) is 0 Å². The van der Waals surface area contributed by atoms with Gasteiger partial charge >= 0.3 is 5.97 Å². The van der Waals surface area contributed by atoms with E-state index in [1.54, 1.807) is 12.1 Å². The summed E-state index contributed by atoms with van der Waals surface area (Å²) in [6, 6.07) is 26.5. The molecule has 0 unspecified atom stereocenters. The first-order valence-corrected chi connectivity index (χ1v) is 9.38. The highest BCUT2D eigenvalue weighted by atomic mass is 16.4. The number of hydrogen-bond acceptors (Lipinski definition) is 3. The maximum Gasteiger partial charge on any atom is 0.335 e. The summed E-state index contributed by atoms with van der Waals surface area (Å²) < 4.78 is 0. The molecule has 0 spiro atoms. The van der Waals surface area contributed by atoms with Crippen LogP contribution in [0.5, 0.6) is 0 Å². The fraction of sp³-hybridized carbons (Fsp3) is 0.125. The van der Waals surface area contributed by atoms with E-state index >= 15 is 0 Å². The summed E-state index contributed by atoms with van der Waals surface area (Å²) in [5, 5.41) is 13.0. The van der Waals surface area contributed by atoms with Crippen molar-refractivity contribution in [2.45, 2.75) is 11.8 Å². The van der Waals surface area contributed by atoms with E-state index in [4.69, 9.17) is 5.11 Å². The minimum absolute atomic E-state index is 0.129. The molecular weight excluding hydrogens is 364 g/mol. The third-order valence-corrected chi connectivity index (χ3v) is 5.40. The molecule has 1 saturated carbocycles. The van der Waals surface area contributed by atoms with Crippen LogP contribution >= 0.6 is 0 Å². The summed E-state index contributed by atoms with van der Waals surface area (Å²) in [4.78, 5) is 23.7. The lowest BCUT2D eigenvalue weighted by atomic mass is 9.85. The highest BCUT2D eigenvalue weighted by Gasteiger charge is 2.60. The second-order valence-corrected chi connectivity index (χ2v) is 7.12. The summed E-state index contributed by atoms with van der Waals surface area (Å²) in [5.41, 5.74) is 5.48. The van der Waals surface area contributed by atoms with Gasteiger partial charge in [0.05, 0.1) is 17.7 Å². The molecule has 5 heteroatoms. The molecular formula is C24H20N2O3. The number of nitrogens with one attached hydrogen (secondary N) is 1. The Balaban J connectivity index is 1.49. The lowest BCUT2D eigenvalue weighted by Crippen LogP contribution is -2.25. The Kier molecular flexibility index (Phi) is 4.96. The van der Waals surface area contributed by atoms with Gasteiger partial charge in [-0.3, -0.25) is 4.79 Å². The van der Waals surface area contributed by atoms with Crippen molar-refractivity contribution in [2.24, 2.45) is 11.0 Å². The number of carboxylic acids is 1. The smallest absolute Gasteiger partial charge is 0.335 e. The number of rotatable bonds is 6. The molecule has 2 N–H and O–H groups in total. The van der Waals surface area contributed by atoms with Crippen molar-refractivity contribution in [1.82, 2.24) is 5.43 Å². The minimum Gasteiger partial charge on any atom is -0.478 e. The van der Waals surface area contributed by atoms with Crippen LogP contribution in [0.1, 0.15) is 33.5 Å². The van der Waals surface area contributed by atoms with Gasteiger partial charge in [-0.2, -0.15) is 5.10 Å². The summed E-state index contributed by atoms with van der Waals surface area (Å²) in [7, 11) is 0. The predicted octanol–water partition coefficient (Wildman–Crippen LogP) is 3.84. The largest absolute Gasteiger partial charge is 0.478 e. The Bertz CT molecular complexity index is 1010. The molecule has 0 saturated heterocycles. The molecule has 0 heterocycles. The molecule has 1 aliphatic carbocycles. The summed E-state index contributed by atoms with van der Waals surface area (Å²) in [5.74, 6) is -1.30. The van der Waals surface area contributed by atoms with E-state index in [1.807, 2.05) is 36.4 Å². The van der Waals surface area contributed by atoms with Crippen molar-refractivity contribution >= 4 is 18.1 Å². The van der Waals surface area contributed by atoms with Crippen LogP contribution in [0.15, 0.2) is 90.0 Å². The lowest BCUT2D eigenvalue weighted by molar-refractivity contribution is -0.122. The zero-order chi connectivity index (χ0) is 20.3. The van der Waals surface area contributed by atoms with E-state index < -0.39 is 5.97 Å². The van der Waals surface area contributed by atoms with Gasteiger partial charge in [0, 0.05) is 5.41 Å². The Morgan fingerprint density at radius 1 is 0.897 bits per heavy atom. The van der Waals surface area contributed by atoms with Gasteiger partial charge in [0.1, 0.15) is 0 Å². The van der Waals surface area contributed by atoms with Crippen LogP contribution in [0.3, 0.4) is 0 Å². The van der Waals surface area contributed by atoms with E-state index in [-0.39, 0.29) is 22.8 Å². The van der Waals surface area contributed by atoms with E-state index in [0.29, 0.717) is 5.56 Å². The number of benzene rings is 3. The zero-order valence-corrected chi connectivity index (χ0v) is 15.7. The zero-order valence-electron chi connectivity index (χ0n) is 15.7. The molecule has 144 valence electrons.